The largest absolute Gasteiger partial charge is 0.478 e. The van der Waals surface area contributed by atoms with Gasteiger partial charge in [0.05, 0.1) is 5.56 Å². The topological polar surface area (TPSA) is 72.3 Å². The SMILES string of the molecule is COC1(c2ncc(C(=O)O)cn2)CCC(C)(C)CC1. The molecule has 2 rings (SSSR count). The molecule has 0 unspecified atom stereocenters. The lowest BCUT2D eigenvalue weighted by atomic mass is 9.70. The Kier molecular flexibility index (Phi) is 3.58. The van der Waals surface area contributed by atoms with Crippen LogP contribution in [0.1, 0.15) is 55.7 Å². The maximum absolute atomic E-state index is 10.8. The number of carbonyl (C=O) groups is 1. The Morgan fingerprint density at radius 2 is 1.74 bits per heavy atom. The lowest BCUT2D eigenvalue weighted by Gasteiger charge is -2.41. The fourth-order valence-electron chi connectivity index (χ4n) is 2.52. The lowest BCUT2D eigenvalue weighted by Crippen LogP contribution is -2.38. The van der Waals surface area contributed by atoms with Crippen LogP contribution >= 0.6 is 0 Å². The van der Waals surface area contributed by atoms with Crippen LogP contribution in [0, 0.1) is 5.41 Å². The molecule has 1 aliphatic rings. The van der Waals surface area contributed by atoms with Crippen molar-refractivity contribution in [3.05, 3.63) is 23.8 Å². The molecule has 0 radical (unpaired) electrons. The molecule has 0 saturated heterocycles. The highest BCUT2D eigenvalue weighted by atomic mass is 16.5. The summed E-state index contributed by atoms with van der Waals surface area (Å²) >= 11 is 0. The molecule has 0 aliphatic heterocycles. The molecule has 1 fully saturated rings. The smallest absolute Gasteiger partial charge is 0.338 e. The van der Waals surface area contributed by atoms with Crippen molar-refractivity contribution in [2.45, 2.75) is 45.1 Å². The second-order valence-electron chi connectivity index (χ2n) is 5.96. The van der Waals surface area contributed by atoms with Crippen molar-refractivity contribution in [3.8, 4) is 0 Å². The summed E-state index contributed by atoms with van der Waals surface area (Å²) in [4.78, 5) is 19.2. The molecule has 5 nitrogen and oxygen atoms in total. The van der Waals surface area contributed by atoms with Gasteiger partial charge < -0.3 is 9.84 Å². The third kappa shape index (κ3) is 2.76. The Morgan fingerprint density at radius 3 is 2.16 bits per heavy atom. The van der Waals surface area contributed by atoms with Crippen LogP contribution in [0.2, 0.25) is 0 Å². The molecule has 1 aromatic heterocycles. The minimum Gasteiger partial charge on any atom is -0.478 e. The summed E-state index contributed by atoms with van der Waals surface area (Å²) in [5.74, 6) is -0.418. The molecule has 1 heterocycles. The van der Waals surface area contributed by atoms with Crippen molar-refractivity contribution in [1.82, 2.24) is 9.97 Å². The Balaban J connectivity index is 2.25. The van der Waals surface area contributed by atoms with Gasteiger partial charge in [-0.25, -0.2) is 14.8 Å². The lowest BCUT2D eigenvalue weighted by molar-refractivity contribution is -0.0729. The molecule has 0 aromatic carbocycles. The number of rotatable bonds is 3. The van der Waals surface area contributed by atoms with Crippen LogP contribution in [-0.2, 0) is 10.3 Å². The summed E-state index contributed by atoms with van der Waals surface area (Å²) in [6, 6.07) is 0. The van der Waals surface area contributed by atoms with Crippen molar-refractivity contribution in [1.29, 1.82) is 0 Å². The van der Waals surface area contributed by atoms with Gasteiger partial charge in [0.15, 0.2) is 5.82 Å². The highest BCUT2D eigenvalue weighted by molar-refractivity contribution is 5.86. The predicted molar refractivity (Wildman–Crippen MR) is 69.9 cm³/mol. The summed E-state index contributed by atoms with van der Waals surface area (Å²) in [5.41, 5.74) is -0.0404. The summed E-state index contributed by atoms with van der Waals surface area (Å²) in [6.07, 6.45) is 6.53. The van der Waals surface area contributed by atoms with Gasteiger partial charge in [-0.2, -0.15) is 0 Å². The average Bonchev–Trinajstić information content (AvgIpc) is 2.40. The van der Waals surface area contributed by atoms with Gasteiger partial charge in [-0.15, -0.1) is 0 Å². The molecule has 0 amide bonds. The van der Waals surface area contributed by atoms with Crippen LogP contribution in [0.25, 0.3) is 0 Å². The van der Waals surface area contributed by atoms with Gasteiger partial charge in [0, 0.05) is 19.5 Å². The second-order valence-corrected chi connectivity index (χ2v) is 5.96. The van der Waals surface area contributed by atoms with E-state index >= 15 is 0 Å². The number of nitrogens with zero attached hydrogens (tertiary/aromatic N) is 2. The highest BCUT2D eigenvalue weighted by Gasteiger charge is 2.41. The first kappa shape index (κ1) is 13.9. The van der Waals surface area contributed by atoms with Crippen molar-refractivity contribution in [2.24, 2.45) is 5.41 Å². The van der Waals surface area contributed by atoms with Gasteiger partial charge in [-0.05, 0) is 31.1 Å². The van der Waals surface area contributed by atoms with E-state index in [4.69, 9.17) is 9.84 Å². The van der Waals surface area contributed by atoms with Crippen molar-refractivity contribution in [3.63, 3.8) is 0 Å². The van der Waals surface area contributed by atoms with Crippen LogP contribution in [0.4, 0.5) is 0 Å². The molecule has 0 spiro atoms. The number of aromatic nitrogens is 2. The number of hydrogen-bond donors (Lipinski definition) is 1. The summed E-state index contributed by atoms with van der Waals surface area (Å²) < 4.78 is 5.69. The highest BCUT2D eigenvalue weighted by Crippen LogP contribution is 2.45. The van der Waals surface area contributed by atoms with E-state index in [1.165, 1.54) is 12.4 Å². The zero-order chi connectivity index (χ0) is 14.1. The van der Waals surface area contributed by atoms with E-state index < -0.39 is 11.6 Å². The fourth-order valence-corrected chi connectivity index (χ4v) is 2.52. The third-order valence-electron chi connectivity index (χ3n) is 4.11. The molecule has 19 heavy (non-hydrogen) atoms. The standard InChI is InChI=1S/C14H20N2O3/c1-13(2)4-6-14(19-3,7-5-13)12-15-8-10(9-16-12)11(17)18/h8-9H,4-7H2,1-3H3,(H,17,18). The van der Waals surface area contributed by atoms with Crippen LogP contribution in [-0.4, -0.2) is 28.2 Å². The Labute approximate surface area is 113 Å². The van der Waals surface area contributed by atoms with Gasteiger partial charge in [-0.1, -0.05) is 13.8 Å². The van der Waals surface area contributed by atoms with Crippen LogP contribution in [0.3, 0.4) is 0 Å². The minimum atomic E-state index is -1.01. The Morgan fingerprint density at radius 1 is 1.21 bits per heavy atom. The van der Waals surface area contributed by atoms with Gasteiger partial charge in [0.2, 0.25) is 0 Å². The maximum Gasteiger partial charge on any atom is 0.338 e. The minimum absolute atomic E-state index is 0.103. The van der Waals surface area contributed by atoms with Gasteiger partial charge in [-0.3, -0.25) is 0 Å². The van der Waals surface area contributed by atoms with Crippen molar-refractivity contribution < 1.29 is 14.6 Å². The van der Waals surface area contributed by atoms with Crippen LogP contribution < -0.4 is 0 Å². The van der Waals surface area contributed by atoms with E-state index in [-0.39, 0.29) is 5.56 Å². The molecule has 104 valence electrons. The molecular weight excluding hydrogens is 244 g/mol. The van der Waals surface area contributed by atoms with Gasteiger partial charge in [0.25, 0.3) is 0 Å². The first-order chi connectivity index (χ1) is 8.88. The van der Waals surface area contributed by atoms with E-state index in [0.29, 0.717) is 11.2 Å². The van der Waals surface area contributed by atoms with Crippen molar-refractivity contribution in [2.75, 3.05) is 7.11 Å². The number of ether oxygens (including phenoxy) is 1. The predicted octanol–water partition coefficient (Wildman–Crippen LogP) is 2.62. The zero-order valence-electron chi connectivity index (χ0n) is 11.6. The quantitative estimate of drug-likeness (QED) is 0.908. The summed E-state index contributed by atoms with van der Waals surface area (Å²) in [6.45, 7) is 4.50. The van der Waals surface area contributed by atoms with E-state index in [9.17, 15) is 4.79 Å². The second kappa shape index (κ2) is 4.89. The zero-order valence-corrected chi connectivity index (χ0v) is 11.6. The normalized spacial score (nSPS) is 21.0. The first-order valence-corrected chi connectivity index (χ1v) is 6.50. The molecular formula is C14H20N2O3. The Bertz CT molecular complexity index is 458. The van der Waals surface area contributed by atoms with Gasteiger partial charge in [0.1, 0.15) is 5.60 Å². The maximum atomic E-state index is 10.8. The van der Waals surface area contributed by atoms with Gasteiger partial charge >= 0.3 is 5.97 Å². The van der Waals surface area contributed by atoms with E-state index in [1.807, 2.05) is 0 Å². The number of hydrogen-bond acceptors (Lipinski definition) is 4. The molecule has 1 N–H and O–H groups in total. The monoisotopic (exact) mass is 264 g/mol. The number of methoxy groups -OCH3 is 1. The number of carboxylic acid groups (broad SMARTS) is 1. The van der Waals surface area contributed by atoms with Crippen LogP contribution in [0.15, 0.2) is 12.4 Å². The summed E-state index contributed by atoms with van der Waals surface area (Å²) in [7, 11) is 1.67. The third-order valence-corrected chi connectivity index (χ3v) is 4.11. The molecule has 0 bridgehead atoms. The van der Waals surface area contributed by atoms with Crippen LogP contribution in [0.5, 0.6) is 0 Å². The number of carboxylic acids is 1. The van der Waals surface area contributed by atoms with E-state index in [2.05, 4.69) is 23.8 Å². The average molecular weight is 264 g/mol. The fraction of sp³-hybridized carbons (Fsp3) is 0.643. The molecule has 1 saturated carbocycles. The Hall–Kier alpha value is -1.49. The first-order valence-electron chi connectivity index (χ1n) is 6.50. The number of aromatic carboxylic acids is 1. The molecule has 1 aromatic rings. The van der Waals surface area contributed by atoms with E-state index in [0.717, 1.165) is 25.7 Å². The molecule has 5 heteroatoms. The van der Waals surface area contributed by atoms with Crippen molar-refractivity contribution >= 4 is 5.97 Å². The van der Waals surface area contributed by atoms with E-state index in [1.54, 1.807) is 7.11 Å². The molecule has 1 aliphatic carbocycles. The summed E-state index contributed by atoms with van der Waals surface area (Å²) in [5, 5.41) is 8.86. The molecule has 0 atom stereocenters.